The number of carbonyl (C=O) groups is 3. The lowest BCUT2D eigenvalue weighted by Gasteiger charge is -2.08. The van der Waals surface area contributed by atoms with E-state index >= 15 is 0 Å². The average molecular weight is 374 g/mol. The summed E-state index contributed by atoms with van der Waals surface area (Å²) >= 11 is 0. The summed E-state index contributed by atoms with van der Waals surface area (Å²) in [6.07, 6.45) is 0. The summed E-state index contributed by atoms with van der Waals surface area (Å²) in [6.45, 7) is 1.43. The van der Waals surface area contributed by atoms with Crippen LogP contribution in [0.4, 0.5) is 10.1 Å². The smallest absolute Gasteiger partial charge is 0.325 e. The molecule has 0 fully saturated rings. The first-order chi connectivity index (χ1) is 13.0. The Hall–Kier alpha value is -3.42. The molecular formula is C19H19FN2O5. The topological polar surface area (TPSA) is 93.7 Å². The molecule has 0 bridgehead atoms. The van der Waals surface area contributed by atoms with Gasteiger partial charge in [0.15, 0.2) is 6.61 Å². The standard InChI is InChI=1S/C19H19FN2O5/c1-2-26-16-8-6-13(7-9-16)19(25)21-11-18(24)27-12-17(23)22-15-5-3-4-14(20)10-15/h3-10H,2,11-12H2,1H3,(H,21,25)(H,22,23). The average Bonchev–Trinajstić information content (AvgIpc) is 2.65. The van der Waals surface area contributed by atoms with Gasteiger partial charge in [0.1, 0.15) is 18.1 Å². The molecule has 2 aromatic rings. The summed E-state index contributed by atoms with van der Waals surface area (Å²) < 4.78 is 23.1. The number of benzene rings is 2. The lowest BCUT2D eigenvalue weighted by molar-refractivity contribution is -0.146. The van der Waals surface area contributed by atoms with Gasteiger partial charge in [0.05, 0.1) is 6.61 Å². The number of halogens is 1. The van der Waals surface area contributed by atoms with Crippen LogP contribution < -0.4 is 15.4 Å². The zero-order valence-electron chi connectivity index (χ0n) is 14.7. The van der Waals surface area contributed by atoms with Crippen LogP contribution in [0.5, 0.6) is 5.75 Å². The third-order valence-electron chi connectivity index (χ3n) is 3.29. The van der Waals surface area contributed by atoms with Crippen molar-refractivity contribution in [3.05, 3.63) is 59.9 Å². The van der Waals surface area contributed by atoms with Crippen LogP contribution in [0.2, 0.25) is 0 Å². The predicted molar refractivity (Wildman–Crippen MR) is 95.9 cm³/mol. The highest BCUT2D eigenvalue weighted by Gasteiger charge is 2.11. The Bertz CT molecular complexity index is 808. The van der Waals surface area contributed by atoms with Gasteiger partial charge in [-0.05, 0) is 49.4 Å². The van der Waals surface area contributed by atoms with Crippen molar-refractivity contribution in [1.29, 1.82) is 0 Å². The molecule has 0 radical (unpaired) electrons. The predicted octanol–water partition coefficient (Wildman–Crippen LogP) is 2.14. The second-order valence-corrected chi connectivity index (χ2v) is 5.36. The van der Waals surface area contributed by atoms with Gasteiger partial charge in [-0.15, -0.1) is 0 Å². The van der Waals surface area contributed by atoms with Gasteiger partial charge in [-0.3, -0.25) is 14.4 Å². The van der Waals surface area contributed by atoms with E-state index in [1.807, 2.05) is 6.92 Å². The van der Waals surface area contributed by atoms with E-state index in [9.17, 15) is 18.8 Å². The molecule has 27 heavy (non-hydrogen) atoms. The second kappa shape index (κ2) is 9.91. The van der Waals surface area contributed by atoms with E-state index in [4.69, 9.17) is 9.47 Å². The lowest BCUT2D eigenvalue weighted by Crippen LogP contribution is -2.32. The zero-order valence-corrected chi connectivity index (χ0v) is 14.7. The highest BCUT2D eigenvalue weighted by atomic mass is 19.1. The van der Waals surface area contributed by atoms with E-state index in [0.717, 1.165) is 6.07 Å². The maximum Gasteiger partial charge on any atom is 0.325 e. The highest BCUT2D eigenvalue weighted by Crippen LogP contribution is 2.12. The number of amides is 2. The molecule has 2 N–H and O–H groups in total. The number of carbonyl (C=O) groups excluding carboxylic acids is 3. The number of hydrogen-bond donors (Lipinski definition) is 2. The number of nitrogens with one attached hydrogen (secondary N) is 2. The summed E-state index contributed by atoms with van der Waals surface area (Å²) in [5.41, 5.74) is 0.606. The Morgan fingerprint density at radius 2 is 1.81 bits per heavy atom. The molecule has 142 valence electrons. The van der Waals surface area contributed by atoms with Crippen LogP contribution in [0.1, 0.15) is 17.3 Å². The molecule has 7 nitrogen and oxygen atoms in total. The van der Waals surface area contributed by atoms with E-state index in [-0.39, 0.29) is 12.2 Å². The Morgan fingerprint density at radius 3 is 2.48 bits per heavy atom. The van der Waals surface area contributed by atoms with E-state index in [1.54, 1.807) is 24.3 Å². The molecule has 0 spiro atoms. The normalized spacial score (nSPS) is 10.0. The molecule has 0 saturated heterocycles. The Labute approximate surface area is 155 Å². The van der Waals surface area contributed by atoms with E-state index in [0.29, 0.717) is 17.9 Å². The molecule has 2 rings (SSSR count). The largest absolute Gasteiger partial charge is 0.494 e. The van der Waals surface area contributed by atoms with Crippen molar-refractivity contribution in [2.45, 2.75) is 6.92 Å². The van der Waals surface area contributed by atoms with Crippen molar-refractivity contribution in [3.8, 4) is 5.75 Å². The number of esters is 1. The fourth-order valence-electron chi connectivity index (χ4n) is 2.08. The monoisotopic (exact) mass is 374 g/mol. The lowest BCUT2D eigenvalue weighted by atomic mass is 10.2. The number of rotatable bonds is 8. The van der Waals surface area contributed by atoms with E-state index in [2.05, 4.69) is 10.6 Å². The maximum absolute atomic E-state index is 13.0. The highest BCUT2D eigenvalue weighted by molar-refractivity contribution is 5.96. The quantitative estimate of drug-likeness (QED) is 0.691. The summed E-state index contributed by atoms with van der Waals surface area (Å²) in [7, 11) is 0. The van der Waals surface area contributed by atoms with Crippen molar-refractivity contribution in [2.24, 2.45) is 0 Å². The van der Waals surface area contributed by atoms with Gasteiger partial charge in [0.25, 0.3) is 11.8 Å². The van der Waals surface area contributed by atoms with Crippen LogP contribution in [0.3, 0.4) is 0 Å². The third-order valence-corrected chi connectivity index (χ3v) is 3.29. The van der Waals surface area contributed by atoms with Gasteiger partial charge in [0.2, 0.25) is 0 Å². The van der Waals surface area contributed by atoms with Crippen LogP contribution >= 0.6 is 0 Å². The summed E-state index contributed by atoms with van der Waals surface area (Å²) in [4.78, 5) is 35.3. The minimum Gasteiger partial charge on any atom is -0.494 e. The Morgan fingerprint density at radius 1 is 1.07 bits per heavy atom. The van der Waals surface area contributed by atoms with Crippen LogP contribution in [-0.2, 0) is 14.3 Å². The van der Waals surface area contributed by atoms with Gasteiger partial charge in [0, 0.05) is 11.3 Å². The molecule has 0 aliphatic rings. The van der Waals surface area contributed by atoms with Gasteiger partial charge in [-0.1, -0.05) is 6.07 Å². The van der Waals surface area contributed by atoms with Gasteiger partial charge < -0.3 is 20.1 Å². The van der Waals surface area contributed by atoms with E-state index in [1.165, 1.54) is 18.2 Å². The number of anilines is 1. The van der Waals surface area contributed by atoms with E-state index < -0.39 is 30.2 Å². The van der Waals surface area contributed by atoms with Gasteiger partial charge >= 0.3 is 5.97 Å². The molecule has 0 atom stereocenters. The zero-order chi connectivity index (χ0) is 19.6. The van der Waals surface area contributed by atoms with Gasteiger partial charge in [-0.25, -0.2) is 4.39 Å². The van der Waals surface area contributed by atoms with Crippen molar-refractivity contribution >= 4 is 23.5 Å². The maximum atomic E-state index is 13.0. The van der Waals surface area contributed by atoms with Crippen LogP contribution in [0.15, 0.2) is 48.5 Å². The minimum absolute atomic E-state index is 0.250. The molecule has 0 saturated carbocycles. The molecule has 0 aliphatic carbocycles. The first-order valence-electron chi connectivity index (χ1n) is 8.20. The number of ether oxygens (including phenoxy) is 2. The molecule has 2 aromatic carbocycles. The molecule has 8 heteroatoms. The molecule has 0 heterocycles. The molecular weight excluding hydrogens is 355 g/mol. The first kappa shape index (κ1) is 19.9. The van der Waals surface area contributed by atoms with Crippen LogP contribution in [0, 0.1) is 5.82 Å². The summed E-state index contributed by atoms with van der Waals surface area (Å²) in [5, 5.41) is 4.78. The Kier molecular flexibility index (Phi) is 7.30. The Balaban J connectivity index is 1.72. The van der Waals surface area contributed by atoms with Crippen molar-refractivity contribution < 1.29 is 28.2 Å². The third kappa shape index (κ3) is 6.77. The second-order valence-electron chi connectivity index (χ2n) is 5.36. The fourth-order valence-corrected chi connectivity index (χ4v) is 2.08. The molecule has 2 amide bonds. The molecule has 0 aromatic heterocycles. The van der Waals surface area contributed by atoms with Crippen molar-refractivity contribution in [3.63, 3.8) is 0 Å². The van der Waals surface area contributed by atoms with Crippen LogP contribution in [-0.4, -0.2) is 37.5 Å². The molecule has 0 aliphatic heterocycles. The minimum atomic E-state index is -0.774. The summed E-state index contributed by atoms with van der Waals surface area (Å²) in [6, 6.07) is 11.7. The molecule has 0 unspecified atom stereocenters. The van der Waals surface area contributed by atoms with Gasteiger partial charge in [-0.2, -0.15) is 0 Å². The SMILES string of the molecule is CCOc1ccc(C(=O)NCC(=O)OCC(=O)Nc2cccc(F)c2)cc1. The first-order valence-corrected chi connectivity index (χ1v) is 8.20. The van der Waals surface area contributed by atoms with Crippen LogP contribution in [0.25, 0.3) is 0 Å². The number of hydrogen-bond acceptors (Lipinski definition) is 5. The fraction of sp³-hybridized carbons (Fsp3) is 0.211. The van der Waals surface area contributed by atoms with Crippen molar-refractivity contribution in [1.82, 2.24) is 5.32 Å². The summed E-state index contributed by atoms with van der Waals surface area (Å²) in [5.74, 6) is -1.71. The van der Waals surface area contributed by atoms with Crippen molar-refractivity contribution in [2.75, 3.05) is 25.1 Å².